The summed E-state index contributed by atoms with van der Waals surface area (Å²) in [5, 5.41) is 7.52. The molecule has 27 heavy (non-hydrogen) atoms. The molecule has 1 saturated heterocycles. The van der Waals surface area contributed by atoms with Gasteiger partial charge in [-0.1, -0.05) is 42.5 Å². The molecule has 2 aromatic carbocycles. The van der Waals surface area contributed by atoms with Crippen molar-refractivity contribution in [2.75, 3.05) is 6.54 Å². The minimum absolute atomic E-state index is 0. The summed E-state index contributed by atoms with van der Waals surface area (Å²) in [6, 6.07) is 16.1. The van der Waals surface area contributed by atoms with Crippen LogP contribution in [-0.4, -0.2) is 18.2 Å². The van der Waals surface area contributed by atoms with E-state index in [-0.39, 0.29) is 18.0 Å². The summed E-state index contributed by atoms with van der Waals surface area (Å²) >= 11 is 0. The van der Waals surface area contributed by atoms with Gasteiger partial charge in [-0.3, -0.25) is 0 Å². The Bertz CT molecular complexity index is 775. The molecule has 2 aromatic rings. The minimum atomic E-state index is -0.0951. The van der Waals surface area contributed by atoms with Crippen LogP contribution in [0.15, 0.2) is 42.5 Å². The van der Waals surface area contributed by atoms with E-state index in [0.717, 1.165) is 25.3 Å². The molecule has 1 fully saturated rings. The molecule has 146 valence electrons. The predicted octanol–water partition coefficient (Wildman–Crippen LogP) is 4.71. The summed E-state index contributed by atoms with van der Waals surface area (Å²) in [6.45, 7) is 8.50. The van der Waals surface area contributed by atoms with Crippen LogP contribution in [0.1, 0.15) is 55.0 Å². The number of hydrogen-bond donors (Lipinski definition) is 2. The molecular weight excluding hydrogens is 356 g/mol. The van der Waals surface area contributed by atoms with E-state index < -0.39 is 0 Å². The lowest BCUT2D eigenvalue weighted by Crippen LogP contribution is -2.45. The monoisotopic (exact) mass is 386 g/mol. The first-order valence-electron chi connectivity index (χ1n) is 9.85. The molecule has 0 saturated carbocycles. The smallest absolute Gasteiger partial charge is 0.128 e. The predicted molar refractivity (Wildman–Crippen MR) is 114 cm³/mol. The second-order valence-corrected chi connectivity index (χ2v) is 8.36. The Balaban J connectivity index is 0.00000210. The van der Waals surface area contributed by atoms with Gasteiger partial charge < -0.3 is 15.4 Å². The van der Waals surface area contributed by atoms with Crippen LogP contribution >= 0.6 is 12.4 Å². The van der Waals surface area contributed by atoms with Gasteiger partial charge in [-0.05, 0) is 51.3 Å². The van der Waals surface area contributed by atoms with Gasteiger partial charge in [-0.2, -0.15) is 0 Å². The van der Waals surface area contributed by atoms with E-state index in [4.69, 9.17) is 4.74 Å². The molecule has 2 aliphatic heterocycles. The molecule has 0 spiro atoms. The lowest BCUT2D eigenvalue weighted by Gasteiger charge is -2.34. The fourth-order valence-electron chi connectivity index (χ4n) is 4.36. The number of benzene rings is 2. The summed E-state index contributed by atoms with van der Waals surface area (Å²) in [4.78, 5) is 0. The first kappa shape index (κ1) is 20.2. The molecule has 3 nitrogen and oxygen atoms in total. The number of nitrogens with one attached hydrogen (secondary N) is 2. The van der Waals surface area contributed by atoms with Gasteiger partial charge in [0.2, 0.25) is 0 Å². The van der Waals surface area contributed by atoms with Gasteiger partial charge in [0.1, 0.15) is 11.4 Å². The number of fused-ring (bicyclic) bond motifs is 1. The highest BCUT2D eigenvalue weighted by Gasteiger charge is 2.33. The molecule has 0 aliphatic carbocycles. The van der Waals surface area contributed by atoms with Gasteiger partial charge >= 0.3 is 0 Å². The summed E-state index contributed by atoms with van der Waals surface area (Å²) in [5.74, 6) is 1.11. The van der Waals surface area contributed by atoms with E-state index in [2.05, 4.69) is 73.9 Å². The number of hydrogen-bond acceptors (Lipinski definition) is 3. The van der Waals surface area contributed by atoms with Crippen molar-refractivity contribution in [2.45, 2.75) is 64.3 Å². The highest BCUT2D eigenvalue weighted by atomic mass is 35.5. The Hall–Kier alpha value is -1.55. The van der Waals surface area contributed by atoms with E-state index in [1.165, 1.54) is 35.1 Å². The molecule has 0 radical (unpaired) electrons. The van der Waals surface area contributed by atoms with Crippen LogP contribution in [0, 0.1) is 6.92 Å². The van der Waals surface area contributed by atoms with Crippen molar-refractivity contribution in [3.05, 3.63) is 64.7 Å². The van der Waals surface area contributed by atoms with Gasteiger partial charge in [0.25, 0.3) is 0 Å². The molecule has 2 aliphatic rings. The molecule has 2 heterocycles. The number of aryl methyl sites for hydroxylation is 1. The lowest BCUT2D eigenvalue weighted by atomic mass is 9.92. The Kier molecular flexibility index (Phi) is 6.15. The average molecular weight is 387 g/mol. The SMILES string of the molecule is Cc1ccc(CN[C@H]2CCCN[C@H]2c2ccccc2)c2c1CC(C)(C)O2.Cl. The van der Waals surface area contributed by atoms with E-state index >= 15 is 0 Å². The van der Waals surface area contributed by atoms with E-state index in [0.29, 0.717) is 12.1 Å². The van der Waals surface area contributed by atoms with Crippen molar-refractivity contribution >= 4 is 12.4 Å². The third-order valence-electron chi connectivity index (χ3n) is 5.73. The molecule has 4 rings (SSSR count). The van der Waals surface area contributed by atoms with Crippen molar-refractivity contribution in [1.29, 1.82) is 0 Å². The topological polar surface area (TPSA) is 33.3 Å². The summed E-state index contributed by atoms with van der Waals surface area (Å²) < 4.78 is 6.30. The van der Waals surface area contributed by atoms with Crippen LogP contribution in [0.5, 0.6) is 5.75 Å². The summed E-state index contributed by atoms with van der Waals surface area (Å²) in [6.07, 6.45) is 3.42. The van der Waals surface area contributed by atoms with Gasteiger partial charge in [0, 0.05) is 36.2 Å². The Morgan fingerprint density at radius 3 is 2.70 bits per heavy atom. The van der Waals surface area contributed by atoms with Crippen LogP contribution in [0.25, 0.3) is 0 Å². The van der Waals surface area contributed by atoms with E-state index in [1.807, 2.05) is 0 Å². The molecule has 0 bridgehead atoms. The highest BCUT2D eigenvalue weighted by molar-refractivity contribution is 5.85. The molecular formula is C23H31ClN2O. The van der Waals surface area contributed by atoms with Crippen molar-refractivity contribution in [3.63, 3.8) is 0 Å². The fraction of sp³-hybridized carbons (Fsp3) is 0.478. The average Bonchev–Trinajstić information content (AvgIpc) is 2.98. The third-order valence-corrected chi connectivity index (χ3v) is 5.73. The number of piperidine rings is 1. The van der Waals surface area contributed by atoms with Crippen LogP contribution in [-0.2, 0) is 13.0 Å². The standard InChI is InChI=1S/C23H30N2O.ClH/c1-16-11-12-18(22-19(16)14-23(2,3)26-22)15-25-20-10-7-13-24-21(20)17-8-5-4-6-9-17;/h4-6,8-9,11-12,20-21,24-25H,7,10,13-15H2,1-3H3;1H/t20-,21-;/m0./s1. The van der Waals surface area contributed by atoms with Crippen molar-refractivity contribution in [1.82, 2.24) is 10.6 Å². The lowest BCUT2D eigenvalue weighted by molar-refractivity contribution is 0.137. The minimum Gasteiger partial charge on any atom is -0.487 e. The molecule has 4 heteroatoms. The Labute approximate surface area is 169 Å². The number of halogens is 1. The summed E-state index contributed by atoms with van der Waals surface area (Å²) in [5.41, 5.74) is 5.29. The maximum Gasteiger partial charge on any atom is 0.128 e. The normalized spacial score (nSPS) is 23.2. The zero-order valence-corrected chi connectivity index (χ0v) is 17.4. The highest BCUT2D eigenvalue weighted by Crippen LogP contribution is 2.39. The first-order chi connectivity index (χ1) is 12.5. The maximum atomic E-state index is 6.30. The molecule has 0 amide bonds. The summed E-state index contributed by atoms with van der Waals surface area (Å²) in [7, 11) is 0. The Morgan fingerprint density at radius 2 is 1.93 bits per heavy atom. The zero-order chi connectivity index (χ0) is 18.1. The van der Waals surface area contributed by atoms with Crippen molar-refractivity contribution < 1.29 is 4.74 Å². The van der Waals surface area contributed by atoms with Crippen LogP contribution < -0.4 is 15.4 Å². The van der Waals surface area contributed by atoms with Crippen LogP contribution in [0.3, 0.4) is 0 Å². The van der Waals surface area contributed by atoms with Gasteiger partial charge in [-0.25, -0.2) is 0 Å². The zero-order valence-electron chi connectivity index (χ0n) is 16.5. The first-order valence-corrected chi connectivity index (χ1v) is 9.85. The molecule has 0 unspecified atom stereocenters. The molecule has 2 atom stereocenters. The second kappa shape index (κ2) is 8.22. The van der Waals surface area contributed by atoms with Crippen LogP contribution in [0.2, 0.25) is 0 Å². The number of ether oxygens (including phenoxy) is 1. The molecule has 0 aromatic heterocycles. The fourth-order valence-corrected chi connectivity index (χ4v) is 4.36. The Morgan fingerprint density at radius 1 is 1.15 bits per heavy atom. The van der Waals surface area contributed by atoms with E-state index in [1.54, 1.807) is 0 Å². The van der Waals surface area contributed by atoms with Gasteiger partial charge in [-0.15, -0.1) is 12.4 Å². The van der Waals surface area contributed by atoms with Crippen molar-refractivity contribution in [2.24, 2.45) is 0 Å². The van der Waals surface area contributed by atoms with Crippen LogP contribution in [0.4, 0.5) is 0 Å². The number of rotatable bonds is 4. The van der Waals surface area contributed by atoms with Gasteiger partial charge in [0.15, 0.2) is 0 Å². The quantitative estimate of drug-likeness (QED) is 0.798. The molecule has 2 N–H and O–H groups in total. The van der Waals surface area contributed by atoms with E-state index in [9.17, 15) is 0 Å². The largest absolute Gasteiger partial charge is 0.487 e. The second-order valence-electron chi connectivity index (χ2n) is 8.36. The van der Waals surface area contributed by atoms with Gasteiger partial charge in [0.05, 0.1) is 0 Å². The van der Waals surface area contributed by atoms with Crippen molar-refractivity contribution in [3.8, 4) is 5.75 Å². The maximum absolute atomic E-state index is 6.30. The third kappa shape index (κ3) is 4.31.